The van der Waals surface area contributed by atoms with Gasteiger partial charge < -0.3 is 14.4 Å². The van der Waals surface area contributed by atoms with Crippen LogP contribution in [-0.2, 0) is 9.47 Å². The minimum absolute atomic E-state index is 0.304. The standard InChI is InChI=1S/C14H27NO2/c1-12(2)15-6-4-13(5-7-15)8-16-9-14(3)10-17-11-14/h12-13H,4-11H2,1-3H3. The first-order valence-corrected chi connectivity index (χ1v) is 6.99. The monoisotopic (exact) mass is 241 g/mol. The summed E-state index contributed by atoms with van der Waals surface area (Å²) in [5.41, 5.74) is 0.304. The molecular formula is C14H27NO2. The first-order valence-electron chi connectivity index (χ1n) is 6.99. The van der Waals surface area contributed by atoms with Crippen molar-refractivity contribution in [3.05, 3.63) is 0 Å². The van der Waals surface area contributed by atoms with Crippen LogP contribution in [0.3, 0.4) is 0 Å². The predicted molar refractivity (Wildman–Crippen MR) is 69.2 cm³/mol. The Labute approximate surface area is 105 Å². The molecule has 0 spiro atoms. The highest BCUT2D eigenvalue weighted by Crippen LogP contribution is 2.27. The Kier molecular flexibility index (Phi) is 4.45. The van der Waals surface area contributed by atoms with Gasteiger partial charge in [0.15, 0.2) is 0 Å². The van der Waals surface area contributed by atoms with E-state index in [-0.39, 0.29) is 0 Å². The highest BCUT2D eigenvalue weighted by atomic mass is 16.5. The maximum absolute atomic E-state index is 5.88. The van der Waals surface area contributed by atoms with Crippen LogP contribution >= 0.6 is 0 Å². The third-order valence-corrected chi connectivity index (χ3v) is 4.08. The summed E-state index contributed by atoms with van der Waals surface area (Å²) in [5, 5.41) is 0. The Morgan fingerprint density at radius 1 is 1.29 bits per heavy atom. The van der Waals surface area contributed by atoms with E-state index in [2.05, 4.69) is 25.7 Å². The van der Waals surface area contributed by atoms with Gasteiger partial charge in [0.1, 0.15) is 0 Å². The minimum Gasteiger partial charge on any atom is -0.380 e. The van der Waals surface area contributed by atoms with Crippen LogP contribution < -0.4 is 0 Å². The van der Waals surface area contributed by atoms with Gasteiger partial charge >= 0.3 is 0 Å². The van der Waals surface area contributed by atoms with Crippen molar-refractivity contribution < 1.29 is 9.47 Å². The molecule has 0 radical (unpaired) electrons. The Morgan fingerprint density at radius 3 is 2.41 bits per heavy atom. The van der Waals surface area contributed by atoms with Crippen molar-refractivity contribution >= 4 is 0 Å². The number of piperidine rings is 1. The maximum Gasteiger partial charge on any atom is 0.0564 e. The highest BCUT2D eigenvalue weighted by Gasteiger charge is 2.33. The molecule has 2 aliphatic rings. The van der Waals surface area contributed by atoms with Gasteiger partial charge in [-0.2, -0.15) is 0 Å². The third-order valence-electron chi connectivity index (χ3n) is 4.08. The van der Waals surface area contributed by atoms with Gasteiger partial charge in [-0.3, -0.25) is 0 Å². The van der Waals surface area contributed by atoms with E-state index in [1.807, 2.05) is 0 Å². The van der Waals surface area contributed by atoms with Crippen LogP contribution in [0.4, 0.5) is 0 Å². The van der Waals surface area contributed by atoms with Crippen LogP contribution in [0.1, 0.15) is 33.6 Å². The maximum atomic E-state index is 5.88. The molecule has 0 amide bonds. The van der Waals surface area contributed by atoms with E-state index >= 15 is 0 Å². The molecular weight excluding hydrogens is 214 g/mol. The lowest BCUT2D eigenvalue weighted by atomic mass is 9.90. The molecule has 2 aliphatic heterocycles. The number of hydrogen-bond acceptors (Lipinski definition) is 3. The number of rotatable bonds is 5. The fraction of sp³-hybridized carbons (Fsp3) is 1.00. The molecule has 2 saturated heterocycles. The molecule has 3 nitrogen and oxygen atoms in total. The summed E-state index contributed by atoms with van der Waals surface area (Å²) in [7, 11) is 0. The Morgan fingerprint density at radius 2 is 1.94 bits per heavy atom. The topological polar surface area (TPSA) is 21.7 Å². The largest absolute Gasteiger partial charge is 0.380 e. The molecule has 0 unspecified atom stereocenters. The zero-order valence-corrected chi connectivity index (χ0v) is 11.6. The van der Waals surface area contributed by atoms with Crippen molar-refractivity contribution in [3.8, 4) is 0 Å². The zero-order chi connectivity index (χ0) is 12.3. The lowest BCUT2D eigenvalue weighted by Crippen LogP contribution is -2.44. The molecule has 0 atom stereocenters. The number of hydrogen-bond donors (Lipinski definition) is 0. The molecule has 0 aromatic heterocycles. The molecule has 17 heavy (non-hydrogen) atoms. The fourth-order valence-electron chi connectivity index (χ4n) is 2.64. The lowest BCUT2D eigenvalue weighted by Gasteiger charge is -2.38. The van der Waals surface area contributed by atoms with Crippen molar-refractivity contribution in [1.29, 1.82) is 0 Å². The van der Waals surface area contributed by atoms with Crippen molar-refractivity contribution in [2.75, 3.05) is 39.5 Å². The average molecular weight is 241 g/mol. The molecule has 2 rings (SSSR count). The summed E-state index contributed by atoms with van der Waals surface area (Å²) >= 11 is 0. The Hall–Kier alpha value is -0.120. The van der Waals surface area contributed by atoms with E-state index in [4.69, 9.17) is 9.47 Å². The average Bonchev–Trinajstić information content (AvgIpc) is 2.27. The first-order chi connectivity index (χ1) is 8.09. The van der Waals surface area contributed by atoms with Crippen LogP contribution in [-0.4, -0.2) is 50.5 Å². The van der Waals surface area contributed by atoms with Gasteiger partial charge in [-0.15, -0.1) is 0 Å². The number of likely N-dealkylation sites (tertiary alicyclic amines) is 1. The summed E-state index contributed by atoms with van der Waals surface area (Å²) in [5.74, 6) is 0.773. The van der Waals surface area contributed by atoms with Crippen LogP contribution in [0, 0.1) is 11.3 Å². The van der Waals surface area contributed by atoms with Crippen LogP contribution in [0.15, 0.2) is 0 Å². The molecule has 0 saturated carbocycles. The third kappa shape index (κ3) is 3.67. The first kappa shape index (κ1) is 13.3. The Bertz CT molecular complexity index is 230. The van der Waals surface area contributed by atoms with E-state index in [1.165, 1.54) is 25.9 Å². The number of ether oxygens (including phenoxy) is 2. The van der Waals surface area contributed by atoms with E-state index in [0.717, 1.165) is 32.3 Å². The van der Waals surface area contributed by atoms with Crippen molar-refractivity contribution in [2.45, 2.75) is 39.7 Å². The van der Waals surface area contributed by atoms with Gasteiger partial charge in [-0.1, -0.05) is 6.92 Å². The normalized spacial score (nSPS) is 26.1. The van der Waals surface area contributed by atoms with Gasteiger partial charge in [0, 0.05) is 18.1 Å². The highest BCUT2D eigenvalue weighted by molar-refractivity contribution is 4.80. The van der Waals surface area contributed by atoms with Crippen molar-refractivity contribution in [2.24, 2.45) is 11.3 Å². The smallest absolute Gasteiger partial charge is 0.0564 e. The summed E-state index contributed by atoms with van der Waals surface area (Å²) < 4.78 is 11.1. The fourth-order valence-corrected chi connectivity index (χ4v) is 2.64. The zero-order valence-electron chi connectivity index (χ0n) is 11.6. The second-order valence-electron chi connectivity index (χ2n) is 6.39. The second-order valence-corrected chi connectivity index (χ2v) is 6.39. The van der Waals surface area contributed by atoms with Gasteiger partial charge in [-0.05, 0) is 45.7 Å². The van der Waals surface area contributed by atoms with Gasteiger partial charge in [0.2, 0.25) is 0 Å². The quantitative estimate of drug-likeness (QED) is 0.736. The second kappa shape index (κ2) is 5.68. The summed E-state index contributed by atoms with van der Waals surface area (Å²) in [4.78, 5) is 2.57. The number of nitrogens with zero attached hydrogens (tertiary/aromatic N) is 1. The molecule has 0 aromatic carbocycles. The molecule has 2 heterocycles. The van der Waals surface area contributed by atoms with E-state index in [0.29, 0.717) is 11.5 Å². The van der Waals surface area contributed by atoms with E-state index in [1.54, 1.807) is 0 Å². The van der Waals surface area contributed by atoms with Gasteiger partial charge in [0.05, 0.1) is 19.8 Å². The van der Waals surface area contributed by atoms with Gasteiger partial charge in [0.25, 0.3) is 0 Å². The molecule has 100 valence electrons. The van der Waals surface area contributed by atoms with Gasteiger partial charge in [-0.25, -0.2) is 0 Å². The molecule has 3 heteroatoms. The molecule has 0 aromatic rings. The lowest BCUT2D eigenvalue weighted by molar-refractivity contribution is -0.141. The molecule has 0 aliphatic carbocycles. The molecule has 0 N–H and O–H groups in total. The van der Waals surface area contributed by atoms with E-state index < -0.39 is 0 Å². The van der Waals surface area contributed by atoms with Crippen LogP contribution in [0.2, 0.25) is 0 Å². The van der Waals surface area contributed by atoms with Crippen molar-refractivity contribution in [3.63, 3.8) is 0 Å². The molecule has 0 bridgehead atoms. The minimum atomic E-state index is 0.304. The molecule has 2 fully saturated rings. The SMILES string of the molecule is CC(C)N1CCC(COCC2(C)COC2)CC1. The van der Waals surface area contributed by atoms with E-state index in [9.17, 15) is 0 Å². The predicted octanol–water partition coefficient (Wildman–Crippen LogP) is 2.16. The summed E-state index contributed by atoms with van der Waals surface area (Å²) in [6, 6.07) is 0.697. The van der Waals surface area contributed by atoms with Crippen molar-refractivity contribution in [1.82, 2.24) is 4.90 Å². The van der Waals surface area contributed by atoms with Crippen LogP contribution in [0.25, 0.3) is 0 Å². The van der Waals surface area contributed by atoms with Crippen LogP contribution in [0.5, 0.6) is 0 Å². The summed E-state index contributed by atoms with van der Waals surface area (Å²) in [6.07, 6.45) is 2.59. The Balaban J connectivity index is 1.58. The summed E-state index contributed by atoms with van der Waals surface area (Å²) in [6.45, 7) is 12.9.